The first kappa shape index (κ1) is 17.3. The molecule has 0 fully saturated rings. The van der Waals surface area contributed by atoms with Gasteiger partial charge in [0.2, 0.25) is 5.91 Å². The number of carbonyl (C=O) groups excluding carboxylic acids is 2. The third-order valence-corrected chi connectivity index (χ3v) is 4.34. The molecule has 5 nitrogen and oxygen atoms in total. The van der Waals surface area contributed by atoms with E-state index in [0.717, 1.165) is 17.7 Å². The Morgan fingerprint density at radius 1 is 1.28 bits per heavy atom. The number of carbonyl (C=O) groups is 2. The molecule has 0 aromatic heterocycles. The molecule has 0 bridgehead atoms. The van der Waals surface area contributed by atoms with Crippen molar-refractivity contribution in [2.24, 2.45) is 0 Å². The predicted octanol–water partition coefficient (Wildman–Crippen LogP) is 3.66. The summed E-state index contributed by atoms with van der Waals surface area (Å²) in [5.74, 6) is 0.00114. The van der Waals surface area contributed by atoms with Crippen LogP contribution in [-0.4, -0.2) is 24.5 Å². The molecule has 0 aliphatic carbocycles. The lowest BCUT2D eigenvalue weighted by atomic mass is 10.1. The SMILES string of the molecule is CCc1ccccc1NC(=O)CN1C(=O)C(C)Oc2ccc(Cl)cc21. The highest BCUT2D eigenvalue weighted by Gasteiger charge is 2.33. The number of nitrogens with zero attached hydrogens (tertiary/aromatic N) is 1. The largest absolute Gasteiger partial charge is 0.479 e. The summed E-state index contributed by atoms with van der Waals surface area (Å²) in [7, 11) is 0. The van der Waals surface area contributed by atoms with E-state index in [4.69, 9.17) is 16.3 Å². The van der Waals surface area contributed by atoms with Crippen LogP contribution >= 0.6 is 11.6 Å². The summed E-state index contributed by atoms with van der Waals surface area (Å²) < 4.78 is 5.58. The molecule has 1 aliphatic rings. The van der Waals surface area contributed by atoms with Crippen LogP contribution in [0, 0.1) is 0 Å². The number of benzene rings is 2. The van der Waals surface area contributed by atoms with Gasteiger partial charge in [0, 0.05) is 10.7 Å². The molecule has 1 N–H and O–H groups in total. The predicted molar refractivity (Wildman–Crippen MR) is 98.3 cm³/mol. The van der Waals surface area contributed by atoms with Gasteiger partial charge in [-0.25, -0.2) is 0 Å². The molecule has 3 rings (SSSR count). The second-order valence-corrected chi connectivity index (χ2v) is 6.29. The number of amides is 2. The van der Waals surface area contributed by atoms with Gasteiger partial charge in [-0.3, -0.25) is 14.5 Å². The van der Waals surface area contributed by atoms with Gasteiger partial charge in [0.05, 0.1) is 5.69 Å². The van der Waals surface area contributed by atoms with Gasteiger partial charge < -0.3 is 10.1 Å². The smallest absolute Gasteiger partial charge is 0.268 e. The number of ether oxygens (including phenoxy) is 1. The molecule has 6 heteroatoms. The van der Waals surface area contributed by atoms with Crippen molar-refractivity contribution in [3.05, 3.63) is 53.1 Å². The van der Waals surface area contributed by atoms with Crippen molar-refractivity contribution in [2.75, 3.05) is 16.8 Å². The van der Waals surface area contributed by atoms with Crippen LogP contribution < -0.4 is 15.0 Å². The summed E-state index contributed by atoms with van der Waals surface area (Å²) in [6.07, 6.45) is 0.159. The Bertz CT molecular complexity index is 822. The summed E-state index contributed by atoms with van der Waals surface area (Å²) in [5, 5.41) is 3.36. The molecule has 0 saturated carbocycles. The van der Waals surface area contributed by atoms with Crippen LogP contribution in [0.4, 0.5) is 11.4 Å². The van der Waals surface area contributed by atoms with Gasteiger partial charge >= 0.3 is 0 Å². The van der Waals surface area contributed by atoms with E-state index in [2.05, 4.69) is 5.32 Å². The van der Waals surface area contributed by atoms with Crippen molar-refractivity contribution in [2.45, 2.75) is 26.4 Å². The third kappa shape index (κ3) is 3.61. The van der Waals surface area contributed by atoms with E-state index in [-0.39, 0.29) is 18.4 Å². The molecule has 1 aliphatic heterocycles. The number of halogens is 1. The second-order valence-electron chi connectivity index (χ2n) is 5.86. The van der Waals surface area contributed by atoms with E-state index < -0.39 is 6.10 Å². The fraction of sp³-hybridized carbons (Fsp3) is 0.263. The van der Waals surface area contributed by atoms with Crippen molar-refractivity contribution in [3.63, 3.8) is 0 Å². The van der Waals surface area contributed by atoms with Crippen LogP contribution in [0.25, 0.3) is 0 Å². The van der Waals surface area contributed by atoms with Crippen molar-refractivity contribution in [1.82, 2.24) is 0 Å². The topological polar surface area (TPSA) is 58.6 Å². The number of aryl methyl sites for hydroxylation is 1. The Balaban J connectivity index is 1.83. The summed E-state index contributed by atoms with van der Waals surface area (Å²) in [4.78, 5) is 26.4. The number of nitrogens with one attached hydrogen (secondary N) is 1. The summed E-state index contributed by atoms with van der Waals surface area (Å²) in [5.41, 5.74) is 2.31. The molecule has 1 heterocycles. The Hall–Kier alpha value is -2.53. The maximum atomic E-state index is 12.5. The lowest BCUT2D eigenvalue weighted by molar-refractivity contribution is -0.127. The monoisotopic (exact) mass is 358 g/mol. The maximum absolute atomic E-state index is 12.5. The van der Waals surface area contributed by atoms with Crippen LogP contribution in [0.15, 0.2) is 42.5 Å². The molecule has 2 aromatic rings. The summed E-state index contributed by atoms with van der Waals surface area (Å²) in [6.45, 7) is 3.59. The Morgan fingerprint density at radius 3 is 2.80 bits per heavy atom. The first-order valence-corrected chi connectivity index (χ1v) is 8.52. The average molecular weight is 359 g/mol. The molecule has 0 spiro atoms. The lowest BCUT2D eigenvalue weighted by Crippen LogP contribution is -2.47. The van der Waals surface area contributed by atoms with E-state index in [1.54, 1.807) is 25.1 Å². The van der Waals surface area contributed by atoms with Crippen LogP contribution in [0.5, 0.6) is 5.75 Å². The fourth-order valence-corrected chi connectivity index (χ4v) is 2.99. The number of para-hydroxylation sites is 1. The maximum Gasteiger partial charge on any atom is 0.268 e. The molecule has 0 saturated heterocycles. The number of hydrogen-bond donors (Lipinski definition) is 1. The van der Waals surface area contributed by atoms with E-state index in [1.807, 2.05) is 31.2 Å². The number of rotatable bonds is 4. The summed E-state index contributed by atoms with van der Waals surface area (Å²) in [6, 6.07) is 12.6. The Labute approximate surface area is 151 Å². The Kier molecular flexibility index (Phi) is 4.95. The first-order valence-electron chi connectivity index (χ1n) is 8.15. The molecule has 0 radical (unpaired) electrons. The zero-order valence-corrected chi connectivity index (χ0v) is 14.8. The average Bonchev–Trinajstić information content (AvgIpc) is 2.60. The molecule has 25 heavy (non-hydrogen) atoms. The molecule has 1 atom stereocenters. The lowest BCUT2D eigenvalue weighted by Gasteiger charge is -2.32. The van der Waals surface area contributed by atoms with Gasteiger partial charge in [-0.05, 0) is 43.2 Å². The van der Waals surface area contributed by atoms with Gasteiger partial charge in [0.1, 0.15) is 12.3 Å². The first-order chi connectivity index (χ1) is 12.0. The molecular weight excluding hydrogens is 340 g/mol. The van der Waals surface area contributed by atoms with Crippen LogP contribution in [-0.2, 0) is 16.0 Å². The molecule has 1 unspecified atom stereocenters. The zero-order valence-electron chi connectivity index (χ0n) is 14.1. The number of anilines is 2. The minimum atomic E-state index is -0.649. The van der Waals surface area contributed by atoms with Crippen molar-refractivity contribution >= 4 is 34.8 Å². The second kappa shape index (κ2) is 7.15. The number of hydrogen-bond acceptors (Lipinski definition) is 3. The van der Waals surface area contributed by atoms with Crippen molar-refractivity contribution < 1.29 is 14.3 Å². The van der Waals surface area contributed by atoms with Crippen LogP contribution in [0.3, 0.4) is 0 Å². The summed E-state index contributed by atoms with van der Waals surface area (Å²) >= 11 is 6.04. The van der Waals surface area contributed by atoms with Gasteiger partial charge in [0.25, 0.3) is 5.91 Å². The normalized spacial score (nSPS) is 16.2. The van der Waals surface area contributed by atoms with Gasteiger partial charge in [-0.15, -0.1) is 0 Å². The van der Waals surface area contributed by atoms with Gasteiger partial charge in [-0.2, -0.15) is 0 Å². The highest BCUT2D eigenvalue weighted by molar-refractivity contribution is 6.31. The van der Waals surface area contributed by atoms with Gasteiger partial charge in [-0.1, -0.05) is 36.7 Å². The van der Waals surface area contributed by atoms with E-state index >= 15 is 0 Å². The minimum Gasteiger partial charge on any atom is -0.479 e. The van der Waals surface area contributed by atoms with Crippen molar-refractivity contribution in [1.29, 1.82) is 0 Å². The fourth-order valence-electron chi connectivity index (χ4n) is 2.83. The molecule has 2 aromatic carbocycles. The molecular formula is C19H19ClN2O3. The van der Waals surface area contributed by atoms with Crippen molar-refractivity contribution in [3.8, 4) is 5.75 Å². The van der Waals surface area contributed by atoms with Gasteiger partial charge in [0.15, 0.2) is 6.10 Å². The zero-order chi connectivity index (χ0) is 18.0. The Morgan fingerprint density at radius 2 is 2.04 bits per heavy atom. The quantitative estimate of drug-likeness (QED) is 0.907. The standard InChI is InChI=1S/C19H19ClN2O3/c1-3-13-6-4-5-7-15(13)21-18(23)11-22-16-10-14(20)8-9-17(16)25-12(2)19(22)24/h4-10,12H,3,11H2,1-2H3,(H,21,23). The van der Waals surface area contributed by atoms with Crippen LogP contribution in [0.1, 0.15) is 19.4 Å². The van der Waals surface area contributed by atoms with E-state index in [1.165, 1.54) is 4.90 Å². The highest BCUT2D eigenvalue weighted by atomic mass is 35.5. The highest BCUT2D eigenvalue weighted by Crippen LogP contribution is 2.36. The van der Waals surface area contributed by atoms with Crippen LogP contribution in [0.2, 0.25) is 5.02 Å². The minimum absolute atomic E-state index is 0.0993. The molecule has 130 valence electrons. The molecule has 2 amide bonds. The van der Waals surface area contributed by atoms with E-state index in [0.29, 0.717) is 16.5 Å². The number of fused-ring (bicyclic) bond motifs is 1. The van der Waals surface area contributed by atoms with E-state index in [9.17, 15) is 9.59 Å². The third-order valence-electron chi connectivity index (χ3n) is 4.10.